The molecule has 7 heteroatoms. The van der Waals surface area contributed by atoms with Gasteiger partial charge in [0.2, 0.25) is 5.91 Å². The zero-order valence-electron chi connectivity index (χ0n) is 15.3. The number of benzene rings is 1. The number of ether oxygens (including phenoxy) is 2. The van der Waals surface area contributed by atoms with Crippen molar-refractivity contribution in [1.82, 2.24) is 9.88 Å². The van der Waals surface area contributed by atoms with E-state index in [0.29, 0.717) is 24.5 Å². The Labute approximate surface area is 157 Å². The number of carbonyl (C=O) groups excluding carboxylic acids is 2. The van der Waals surface area contributed by atoms with Crippen molar-refractivity contribution in [3.8, 4) is 0 Å². The van der Waals surface area contributed by atoms with E-state index in [0.717, 1.165) is 22.9 Å². The molecule has 1 aliphatic heterocycles. The first kappa shape index (κ1) is 18.8. The maximum atomic E-state index is 12.3. The van der Waals surface area contributed by atoms with Gasteiger partial charge in [-0.25, -0.2) is 4.79 Å². The predicted octanol–water partition coefficient (Wildman–Crippen LogP) is 3.34. The van der Waals surface area contributed by atoms with E-state index in [2.05, 4.69) is 4.98 Å². The lowest BCUT2D eigenvalue weighted by Gasteiger charge is -2.24. The number of H-pyrrole nitrogens is 1. The zero-order valence-corrected chi connectivity index (χ0v) is 16.1. The lowest BCUT2D eigenvalue weighted by molar-refractivity contribution is -0.128. The molecular formula is C19H24N2O4S. The smallest absolute Gasteiger partial charge is 0.337 e. The van der Waals surface area contributed by atoms with Crippen LogP contribution in [0.1, 0.15) is 41.6 Å². The minimum atomic E-state index is -0.361. The number of amides is 1. The molecule has 1 amide bonds. The fourth-order valence-corrected chi connectivity index (χ4v) is 4.35. The lowest BCUT2D eigenvalue weighted by atomic mass is 10.1. The maximum Gasteiger partial charge on any atom is 0.337 e. The molecule has 2 aromatic rings. The van der Waals surface area contributed by atoms with E-state index in [9.17, 15) is 9.59 Å². The number of carbonyl (C=O) groups is 2. The van der Waals surface area contributed by atoms with Crippen LogP contribution in [0.5, 0.6) is 0 Å². The summed E-state index contributed by atoms with van der Waals surface area (Å²) in [6.07, 6.45) is 2.95. The van der Waals surface area contributed by atoms with Gasteiger partial charge in [-0.3, -0.25) is 4.79 Å². The summed E-state index contributed by atoms with van der Waals surface area (Å²) in [5.41, 5.74) is 2.44. The molecule has 1 aromatic carbocycles. The molecule has 1 N–H and O–H groups in total. The van der Waals surface area contributed by atoms with Gasteiger partial charge < -0.3 is 19.4 Å². The minimum Gasteiger partial charge on any atom is -0.465 e. The van der Waals surface area contributed by atoms with Crippen molar-refractivity contribution < 1.29 is 19.1 Å². The summed E-state index contributed by atoms with van der Waals surface area (Å²) in [5.74, 6) is 0.285. The SMILES string of the molecule is COC(=O)c1ccc2c(C3SCC(=O)N3CCCOC(C)C)c[nH]c2c1. The van der Waals surface area contributed by atoms with Gasteiger partial charge >= 0.3 is 5.97 Å². The molecule has 1 atom stereocenters. The fraction of sp³-hybridized carbons (Fsp3) is 0.474. The van der Waals surface area contributed by atoms with Crippen LogP contribution in [0.15, 0.2) is 24.4 Å². The van der Waals surface area contributed by atoms with E-state index >= 15 is 0 Å². The Kier molecular flexibility index (Phi) is 5.88. The second-order valence-corrected chi connectivity index (χ2v) is 7.59. The third-order valence-electron chi connectivity index (χ3n) is 4.36. The van der Waals surface area contributed by atoms with Crippen LogP contribution in [-0.4, -0.2) is 53.9 Å². The number of thioether (sulfide) groups is 1. The van der Waals surface area contributed by atoms with E-state index in [1.165, 1.54) is 7.11 Å². The second-order valence-electron chi connectivity index (χ2n) is 6.52. The molecule has 0 radical (unpaired) electrons. The van der Waals surface area contributed by atoms with Gasteiger partial charge in [0.1, 0.15) is 5.37 Å². The summed E-state index contributed by atoms with van der Waals surface area (Å²) in [6, 6.07) is 5.46. The largest absolute Gasteiger partial charge is 0.465 e. The summed E-state index contributed by atoms with van der Waals surface area (Å²) < 4.78 is 10.4. The number of nitrogens with zero attached hydrogens (tertiary/aromatic N) is 1. The second kappa shape index (κ2) is 8.14. The molecule has 2 heterocycles. The Hall–Kier alpha value is -1.99. The molecule has 140 valence electrons. The number of hydrogen-bond donors (Lipinski definition) is 1. The molecule has 1 aromatic heterocycles. The molecule has 3 rings (SSSR count). The molecule has 1 unspecified atom stereocenters. The average Bonchev–Trinajstić information content (AvgIpc) is 3.20. The van der Waals surface area contributed by atoms with Gasteiger partial charge in [0.25, 0.3) is 0 Å². The molecule has 0 saturated carbocycles. The van der Waals surface area contributed by atoms with Crippen LogP contribution in [0.3, 0.4) is 0 Å². The first-order valence-corrected chi connectivity index (χ1v) is 9.78. The lowest BCUT2D eigenvalue weighted by Crippen LogP contribution is -2.30. The Morgan fingerprint density at radius 1 is 1.42 bits per heavy atom. The van der Waals surface area contributed by atoms with Crippen molar-refractivity contribution >= 4 is 34.5 Å². The molecule has 0 aliphatic carbocycles. The van der Waals surface area contributed by atoms with Crippen LogP contribution >= 0.6 is 11.8 Å². The molecule has 1 aliphatic rings. The maximum absolute atomic E-state index is 12.3. The summed E-state index contributed by atoms with van der Waals surface area (Å²) in [5, 5.41) is 1.01. The van der Waals surface area contributed by atoms with Gasteiger partial charge in [-0.05, 0) is 32.4 Å². The third kappa shape index (κ3) is 3.88. The average molecular weight is 376 g/mol. The normalized spacial score (nSPS) is 17.5. The van der Waals surface area contributed by atoms with Crippen LogP contribution in [0.2, 0.25) is 0 Å². The Morgan fingerprint density at radius 3 is 2.96 bits per heavy atom. The van der Waals surface area contributed by atoms with Gasteiger partial charge in [-0.15, -0.1) is 11.8 Å². The molecule has 0 bridgehead atoms. The summed E-state index contributed by atoms with van der Waals surface area (Å²) in [7, 11) is 1.37. The Balaban J connectivity index is 1.78. The monoisotopic (exact) mass is 376 g/mol. The summed E-state index contributed by atoms with van der Waals surface area (Å²) in [6.45, 7) is 5.34. The number of fused-ring (bicyclic) bond motifs is 1. The van der Waals surface area contributed by atoms with Gasteiger partial charge in [0.15, 0.2) is 0 Å². The molecular weight excluding hydrogens is 352 g/mol. The van der Waals surface area contributed by atoms with Gasteiger partial charge in [-0.1, -0.05) is 6.07 Å². The zero-order chi connectivity index (χ0) is 18.7. The molecule has 6 nitrogen and oxygen atoms in total. The number of aromatic nitrogens is 1. The van der Waals surface area contributed by atoms with Gasteiger partial charge in [0.05, 0.1) is 24.5 Å². The molecule has 1 saturated heterocycles. The van der Waals surface area contributed by atoms with Crippen molar-refractivity contribution in [3.63, 3.8) is 0 Å². The standard InChI is InChI=1S/C19H24N2O4S/c1-12(2)25-8-4-7-21-17(22)11-26-18(21)15-10-20-16-9-13(19(23)24-3)5-6-14(15)16/h5-6,9-10,12,18,20H,4,7-8,11H2,1-3H3. The van der Waals surface area contributed by atoms with E-state index in [-0.39, 0.29) is 23.4 Å². The van der Waals surface area contributed by atoms with E-state index in [1.807, 2.05) is 31.0 Å². The van der Waals surface area contributed by atoms with Crippen molar-refractivity contribution in [3.05, 3.63) is 35.5 Å². The van der Waals surface area contributed by atoms with Gasteiger partial charge in [-0.2, -0.15) is 0 Å². The van der Waals surface area contributed by atoms with Crippen molar-refractivity contribution in [2.75, 3.05) is 26.0 Å². The van der Waals surface area contributed by atoms with Crippen molar-refractivity contribution in [2.24, 2.45) is 0 Å². The highest BCUT2D eigenvalue weighted by molar-refractivity contribution is 8.00. The van der Waals surface area contributed by atoms with Crippen LogP contribution in [0.25, 0.3) is 10.9 Å². The van der Waals surface area contributed by atoms with Gasteiger partial charge in [0, 0.05) is 35.8 Å². The highest BCUT2D eigenvalue weighted by Gasteiger charge is 2.33. The number of methoxy groups -OCH3 is 1. The van der Waals surface area contributed by atoms with E-state index in [4.69, 9.17) is 9.47 Å². The van der Waals surface area contributed by atoms with Crippen LogP contribution < -0.4 is 0 Å². The Bertz CT molecular complexity index is 802. The Morgan fingerprint density at radius 2 is 2.23 bits per heavy atom. The molecule has 26 heavy (non-hydrogen) atoms. The van der Waals surface area contributed by atoms with Crippen molar-refractivity contribution in [2.45, 2.75) is 31.7 Å². The summed E-state index contributed by atoms with van der Waals surface area (Å²) in [4.78, 5) is 29.2. The van der Waals surface area contributed by atoms with Crippen LogP contribution in [-0.2, 0) is 14.3 Å². The van der Waals surface area contributed by atoms with Crippen LogP contribution in [0, 0.1) is 0 Å². The topological polar surface area (TPSA) is 71.6 Å². The third-order valence-corrected chi connectivity index (χ3v) is 5.60. The predicted molar refractivity (Wildman–Crippen MR) is 102 cm³/mol. The van der Waals surface area contributed by atoms with Crippen LogP contribution in [0.4, 0.5) is 0 Å². The highest BCUT2D eigenvalue weighted by atomic mass is 32.2. The summed E-state index contributed by atoms with van der Waals surface area (Å²) >= 11 is 1.63. The van der Waals surface area contributed by atoms with E-state index in [1.54, 1.807) is 23.9 Å². The molecule has 1 fully saturated rings. The number of nitrogens with one attached hydrogen (secondary N) is 1. The van der Waals surface area contributed by atoms with E-state index < -0.39 is 0 Å². The minimum absolute atomic E-state index is 0.0146. The number of rotatable bonds is 7. The first-order valence-electron chi connectivity index (χ1n) is 8.73. The number of hydrogen-bond acceptors (Lipinski definition) is 5. The first-order chi connectivity index (χ1) is 12.5. The molecule has 0 spiro atoms. The number of aromatic amines is 1. The fourth-order valence-electron chi connectivity index (χ4n) is 3.11. The van der Waals surface area contributed by atoms with Crippen molar-refractivity contribution in [1.29, 1.82) is 0 Å². The quantitative estimate of drug-likeness (QED) is 0.593. The number of esters is 1. The highest BCUT2D eigenvalue weighted by Crippen LogP contribution is 2.41.